The van der Waals surface area contributed by atoms with E-state index < -0.39 is 29.1 Å². The Morgan fingerprint density at radius 3 is 2.55 bits per heavy atom. The van der Waals surface area contributed by atoms with E-state index in [9.17, 15) is 23.1 Å². The van der Waals surface area contributed by atoms with Gasteiger partial charge in [-0.3, -0.25) is 4.79 Å². The largest absolute Gasteiger partial charge is 0.871 e. The molecule has 150 valence electrons. The summed E-state index contributed by atoms with van der Waals surface area (Å²) in [6.45, 7) is 2.70. The monoisotopic (exact) mass is 400 g/mol. The number of halogens is 3. The second-order valence-corrected chi connectivity index (χ2v) is 6.07. The zero-order chi connectivity index (χ0) is 21.0. The summed E-state index contributed by atoms with van der Waals surface area (Å²) in [6, 6.07) is 5.29. The minimum absolute atomic E-state index is 0.230. The van der Waals surface area contributed by atoms with E-state index in [0.717, 1.165) is 24.4 Å². The van der Waals surface area contributed by atoms with Gasteiger partial charge in [-0.25, -0.2) is 0 Å². The normalized spacial score (nSPS) is 19.9. The molecule has 29 heavy (non-hydrogen) atoms. The number of anilines is 1. The van der Waals surface area contributed by atoms with Gasteiger partial charge in [-0.05, 0) is 37.3 Å². The van der Waals surface area contributed by atoms with Crippen LogP contribution in [-0.4, -0.2) is 29.2 Å². The van der Waals surface area contributed by atoms with Gasteiger partial charge in [0.2, 0.25) is 0 Å². The van der Waals surface area contributed by atoms with E-state index in [1.807, 2.05) is 36.3 Å². The maximum absolute atomic E-state index is 13.4. The lowest BCUT2D eigenvalue weighted by Gasteiger charge is -2.21. The number of benzene rings is 1. The highest BCUT2D eigenvalue weighted by Gasteiger charge is 2.46. The van der Waals surface area contributed by atoms with Crippen LogP contribution in [0.15, 0.2) is 89.4 Å². The number of carbonyl (C=O) groups excluding carboxylic acids is 1. The molecule has 2 heterocycles. The van der Waals surface area contributed by atoms with Crippen LogP contribution in [0.3, 0.4) is 0 Å². The van der Waals surface area contributed by atoms with Crippen molar-refractivity contribution in [2.45, 2.75) is 13.1 Å². The molecule has 2 aliphatic heterocycles. The Balaban J connectivity index is 1.90. The molecule has 0 saturated heterocycles. The van der Waals surface area contributed by atoms with Crippen LogP contribution in [0.25, 0.3) is 0 Å². The standard InChI is InChI=1S/C21H18F3N3O2/c1-2-26-14-8-7-10-15(26)9-3-4-11-16-19(21(22,23)24)25-27(20(16)29)17-12-5-6-13-18(17)28/h3-14,28H,2H2,1H3/p-1. The fourth-order valence-corrected chi connectivity index (χ4v) is 2.80. The van der Waals surface area contributed by atoms with Crippen molar-refractivity contribution in [1.82, 2.24) is 4.90 Å². The Hall–Kier alpha value is -3.55. The molecule has 0 bridgehead atoms. The van der Waals surface area contributed by atoms with Gasteiger partial charge >= 0.3 is 6.18 Å². The lowest BCUT2D eigenvalue weighted by Crippen LogP contribution is -2.25. The van der Waals surface area contributed by atoms with E-state index in [1.54, 1.807) is 12.2 Å². The zero-order valence-corrected chi connectivity index (χ0v) is 15.4. The molecular weight excluding hydrogens is 383 g/mol. The van der Waals surface area contributed by atoms with Crippen molar-refractivity contribution in [2.24, 2.45) is 5.10 Å². The summed E-state index contributed by atoms with van der Waals surface area (Å²) >= 11 is 0. The molecule has 0 aromatic heterocycles. The molecule has 1 aromatic rings. The van der Waals surface area contributed by atoms with Crippen molar-refractivity contribution in [2.75, 3.05) is 11.6 Å². The molecule has 3 rings (SSSR count). The quantitative estimate of drug-likeness (QED) is 0.723. The van der Waals surface area contributed by atoms with Crippen molar-refractivity contribution in [3.8, 4) is 5.75 Å². The minimum Gasteiger partial charge on any atom is -0.871 e. The maximum atomic E-state index is 13.4. The molecule has 1 aromatic carbocycles. The number of para-hydroxylation sites is 2. The number of alkyl halides is 3. The van der Waals surface area contributed by atoms with Crippen molar-refractivity contribution in [1.29, 1.82) is 0 Å². The Bertz CT molecular complexity index is 985. The van der Waals surface area contributed by atoms with E-state index in [4.69, 9.17) is 0 Å². The summed E-state index contributed by atoms with van der Waals surface area (Å²) in [6.07, 6.45) is 8.27. The lowest BCUT2D eigenvalue weighted by molar-refractivity contribution is -0.267. The average Bonchev–Trinajstić information content (AvgIpc) is 3.02. The van der Waals surface area contributed by atoms with Gasteiger partial charge in [0.05, 0.1) is 11.3 Å². The molecular formula is C21H17F3N3O2-. The Labute approximate surface area is 165 Å². The first-order chi connectivity index (χ1) is 13.8. The topological polar surface area (TPSA) is 59.0 Å². The van der Waals surface area contributed by atoms with Gasteiger partial charge in [-0.15, -0.1) is 0 Å². The first-order valence-electron chi connectivity index (χ1n) is 8.79. The predicted octanol–water partition coefficient (Wildman–Crippen LogP) is 3.80. The number of hydrazone groups is 1. The predicted molar refractivity (Wildman–Crippen MR) is 103 cm³/mol. The summed E-state index contributed by atoms with van der Waals surface area (Å²) < 4.78 is 40.1. The van der Waals surface area contributed by atoms with E-state index in [2.05, 4.69) is 5.10 Å². The fraction of sp³-hybridized carbons (Fsp3) is 0.143. The van der Waals surface area contributed by atoms with Gasteiger partial charge in [0.25, 0.3) is 5.91 Å². The highest BCUT2D eigenvalue weighted by molar-refractivity contribution is 6.32. The van der Waals surface area contributed by atoms with Crippen molar-refractivity contribution < 1.29 is 23.1 Å². The Morgan fingerprint density at radius 1 is 1.14 bits per heavy atom. The summed E-state index contributed by atoms with van der Waals surface area (Å²) in [5.41, 5.74) is -1.33. The number of hydrogen-bond acceptors (Lipinski definition) is 4. The zero-order valence-electron chi connectivity index (χ0n) is 15.4. The number of nitrogens with zero attached hydrogens (tertiary/aromatic N) is 3. The van der Waals surface area contributed by atoms with Crippen molar-refractivity contribution >= 4 is 17.3 Å². The highest BCUT2D eigenvalue weighted by atomic mass is 19.4. The van der Waals surface area contributed by atoms with Gasteiger partial charge in [-0.2, -0.15) is 23.3 Å². The van der Waals surface area contributed by atoms with Crippen molar-refractivity contribution in [3.63, 3.8) is 0 Å². The van der Waals surface area contributed by atoms with Gasteiger partial charge in [0.1, 0.15) is 0 Å². The highest BCUT2D eigenvalue weighted by Crippen LogP contribution is 2.34. The number of carbonyl (C=O) groups is 1. The third-order valence-electron chi connectivity index (χ3n) is 4.20. The molecule has 8 heteroatoms. The molecule has 0 spiro atoms. The maximum Gasteiger partial charge on any atom is 0.435 e. The number of hydrogen-bond donors (Lipinski definition) is 0. The number of amides is 1. The number of allylic oxidation sites excluding steroid dienone is 7. The smallest absolute Gasteiger partial charge is 0.435 e. The number of rotatable bonds is 4. The Morgan fingerprint density at radius 2 is 1.86 bits per heavy atom. The van der Waals surface area contributed by atoms with Crippen LogP contribution in [0.4, 0.5) is 18.9 Å². The summed E-state index contributed by atoms with van der Waals surface area (Å²) in [4.78, 5) is 14.5. The van der Waals surface area contributed by atoms with Gasteiger partial charge in [0, 0.05) is 18.4 Å². The SMILES string of the molecule is CCN1C=CC=CC1=CC=CC=C1C(=O)N(c2ccccc2[O-])N=C1C(F)(F)F. The van der Waals surface area contributed by atoms with E-state index in [0.29, 0.717) is 5.01 Å². The van der Waals surface area contributed by atoms with E-state index >= 15 is 0 Å². The van der Waals surface area contributed by atoms with Crippen LogP contribution in [0, 0.1) is 0 Å². The minimum atomic E-state index is -4.84. The van der Waals surface area contributed by atoms with E-state index in [-0.39, 0.29) is 5.69 Å². The first-order valence-corrected chi connectivity index (χ1v) is 8.79. The fourth-order valence-electron chi connectivity index (χ4n) is 2.80. The van der Waals surface area contributed by atoms with Crippen LogP contribution in [-0.2, 0) is 4.79 Å². The second kappa shape index (κ2) is 8.22. The van der Waals surface area contributed by atoms with Gasteiger partial charge in [-0.1, -0.05) is 42.2 Å². The third-order valence-corrected chi connectivity index (χ3v) is 4.20. The first kappa shape index (κ1) is 20.2. The Kier molecular flexibility index (Phi) is 5.72. The lowest BCUT2D eigenvalue weighted by atomic mass is 10.1. The molecule has 0 unspecified atom stereocenters. The van der Waals surface area contributed by atoms with Crippen LogP contribution < -0.4 is 10.1 Å². The molecule has 2 aliphatic rings. The molecule has 5 nitrogen and oxygen atoms in total. The summed E-state index contributed by atoms with van der Waals surface area (Å²) in [7, 11) is 0. The molecule has 0 atom stereocenters. The second-order valence-electron chi connectivity index (χ2n) is 6.07. The molecule has 0 fully saturated rings. The summed E-state index contributed by atoms with van der Waals surface area (Å²) in [5, 5.41) is 15.8. The molecule has 1 amide bonds. The number of likely N-dealkylation sites (N-methyl/N-ethyl adjacent to an activating group) is 1. The average molecular weight is 400 g/mol. The van der Waals surface area contributed by atoms with Crippen LogP contribution in [0.5, 0.6) is 5.75 Å². The van der Waals surface area contributed by atoms with Crippen LogP contribution in [0.1, 0.15) is 6.92 Å². The molecule has 0 N–H and O–H groups in total. The van der Waals surface area contributed by atoms with Crippen LogP contribution >= 0.6 is 0 Å². The van der Waals surface area contributed by atoms with Gasteiger partial charge in [0.15, 0.2) is 5.71 Å². The molecule has 0 radical (unpaired) electrons. The van der Waals surface area contributed by atoms with Crippen LogP contribution in [0.2, 0.25) is 0 Å². The third kappa shape index (κ3) is 4.31. The summed E-state index contributed by atoms with van der Waals surface area (Å²) in [5.74, 6) is -1.60. The van der Waals surface area contributed by atoms with Crippen molar-refractivity contribution in [3.05, 3.63) is 84.3 Å². The van der Waals surface area contributed by atoms with Gasteiger partial charge < -0.3 is 10.0 Å². The molecule has 0 saturated carbocycles. The molecule has 0 aliphatic carbocycles. The van der Waals surface area contributed by atoms with E-state index in [1.165, 1.54) is 24.3 Å².